The highest BCUT2D eigenvalue weighted by molar-refractivity contribution is 9.10. The van der Waals surface area contributed by atoms with Crippen molar-refractivity contribution in [2.75, 3.05) is 11.9 Å². The van der Waals surface area contributed by atoms with Gasteiger partial charge in [-0.2, -0.15) is 0 Å². The molecule has 1 aliphatic rings. The number of benzene rings is 1. The number of nitrogens with one attached hydrogen (secondary N) is 1. The summed E-state index contributed by atoms with van der Waals surface area (Å²) < 4.78 is 1.19. The fraction of sp³-hybridized carbons (Fsp3) is 0.647. The van der Waals surface area contributed by atoms with Crippen molar-refractivity contribution in [2.45, 2.75) is 59.2 Å². The van der Waals surface area contributed by atoms with E-state index in [2.05, 4.69) is 79.1 Å². The number of anilines is 1. The van der Waals surface area contributed by atoms with Crippen molar-refractivity contribution >= 4 is 21.6 Å². The average Bonchev–Trinajstić information content (AvgIpc) is 3.17. The highest BCUT2D eigenvalue weighted by atomic mass is 79.9. The monoisotopic (exact) mass is 338 g/mol. The minimum atomic E-state index is 0.264. The Bertz CT molecular complexity index is 461. The molecule has 0 saturated heterocycles. The van der Waals surface area contributed by atoms with E-state index in [-0.39, 0.29) is 5.41 Å². The van der Waals surface area contributed by atoms with Crippen LogP contribution < -0.4 is 10.2 Å². The molecule has 2 rings (SSSR count). The minimum Gasteiger partial charge on any atom is -0.370 e. The molecule has 1 saturated carbocycles. The Kier molecular flexibility index (Phi) is 4.80. The third-order valence-electron chi connectivity index (χ3n) is 4.40. The van der Waals surface area contributed by atoms with Crippen LogP contribution in [0.4, 0.5) is 5.69 Å². The summed E-state index contributed by atoms with van der Waals surface area (Å²) in [7, 11) is 2.18. The average molecular weight is 339 g/mol. The van der Waals surface area contributed by atoms with E-state index in [1.54, 1.807) is 0 Å². The summed E-state index contributed by atoms with van der Waals surface area (Å²) in [4.78, 5) is 2.36. The van der Waals surface area contributed by atoms with Crippen LogP contribution in [-0.2, 0) is 6.54 Å². The molecule has 0 amide bonds. The summed E-state index contributed by atoms with van der Waals surface area (Å²) >= 11 is 3.74. The van der Waals surface area contributed by atoms with E-state index < -0.39 is 0 Å². The van der Waals surface area contributed by atoms with Crippen molar-refractivity contribution in [3.05, 3.63) is 28.2 Å². The van der Waals surface area contributed by atoms with Gasteiger partial charge in [0.15, 0.2) is 0 Å². The van der Waals surface area contributed by atoms with Gasteiger partial charge in [-0.25, -0.2) is 0 Å². The van der Waals surface area contributed by atoms with Crippen LogP contribution in [0.15, 0.2) is 22.7 Å². The summed E-state index contributed by atoms with van der Waals surface area (Å²) in [6.45, 7) is 10.1. The fourth-order valence-electron chi connectivity index (χ4n) is 2.29. The van der Waals surface area contributed by atoms with Crippen molar-refractivity contribution in [3.8, 4) is 0 Å². The summed E-state index contributed by atoms with van der Waals surface area (Å²) in [5, 5.41) is 3.56. The highest BCUT2D eigenvalue weighted by Gasteiger charge is 2.25. The van der Waals surface area contributed by atoms with Crippen molar-refractivity contribution < 1.29 is 0 Å². The third kappa shape index (κ3) is 3.98. The molecule has 0 spiro atoms. The van der Waals surface area contributed by atoms with E-state index in [9.17, 15) is 0 Å². The first kappa shape index (κ1) is 15.8. The molecular formula is C17H27BrN2. The fourth-order valence-corrected chi connectivity index (χ4v) is 2.99. The molecule has 0 heterocycles. The Labute approximate surface area is 132 Å². The third-order valence-corrected chi connectivity index (χ3v) is 5.03. The van der Waals surface area contributed by atoms with E-state index in [4.69, 9.17) is 0 Å². The van der Waals surface area contributed by atoms with Crippen molar-refractivity contribution in [1.29, 1.82) is 0 Å². The van der Waals surface area contributed by atoms with E-state index in [0.29, 0.717) is 6.04 Å². The van der Waals surface area contributed by atoms with Crippen LogP contribution in [0.5, 0.6) is 0 Å². The lowest BCUT2D eigenvalue weighted by Gasteiger charge is -2.37. The van der Waals surface area contributed by atoms with Gasteiger partial charge >= 0.3 is 0 Å². The molecule has 20 heavy (non-hydrogen) atoms. The van der Waals surface area contributed by atoms with Gasteiger partial charge < -0.3 is 10.2 Å². The Morgan fingerprint density at radius 3 is 2.50 bits per heavy atom. The van der Waals surface area contributed by atoms with Crippen LogP contribution in [0.3, 0.4) is 0 Å². The summed E-state index contributed by atoms with van der Waals surface area (Å²) in [6, 6.07) is 7.96. The van der Waals surface area contributed by atoms with E-state index in [0.717, 1.165) is 12.6 Å². The van der Waals surface area contributed by atoms with E-state index in [1.807, 2.05) is 0 Å². The molecule has 1 aromatic rings. The van der Waals surface area contributed by atoms with E-state index in [1.165, 1.54) is 28.6 Å². The van der Waals surface area contributed by atoms with Crippen LogP contribution in [0.25, 0.3) is 0 Å². The van der Waals surface area contributed by atoms with Gasteiger partial charge in [-0.3, -0.25) is 0 Å². The Balaban J connectivity index is 2.07. The number of rotatable bonds is 5. The Morgan fingerprint density at radius 1 is 1.35 bits per heavy atom. The number of nitrogens with zero attached hydrogens (tertiary/aromatic N) is 1. The first-order valence-corrected chi connectivity index (χ1v) is 8.33. The molecule has 112 valence electrons. The van der Waals surface area contributed by atoms with Crippen LogP contribution in [0.1, 0.15) is 46.1 Å². The maximum atomic E-state index is 3.74. The SMILES string of the molecule is CC(N(C)c1ccc(CNC2CC2)cc1Br)C(C)(C)C. The molecule has 0 bridgehead atoms. The molecule has 1 aromatic carbocycles. The van der Waals surface area contributed by atoms with Gasteiger partial charge in [0.25, 0.3) is 0 Å². The standard InChI is InChI=1S/C17H27BrN2/c1-12(17(2,3)4)20(5)16-9-6-13(10-15(16)18)11-19-14-7-8-14/h6,9-10,12,14,19H,7-8,11H2,1-5H3. The van der Waals surface area contributed by atoms with Gasteiger partial charge in [0.2, 0.25) is 0 Å². The predicted molar refractivity (Wildman–Crippen MR) is 91.3 cm³/mol. The first-order chi connectivity index (χ1) is 9.29. The second-order valence-electron chi connectivity index (χ2n) is 7.09. The second kappa shape index (κ2) is 6.07. The zero-order valence-corrected chi connectivity index (χ0v) is 14.9. The smallest absolute Gasteiger partial charge is 0.0510 e. The van der Waals surface area contributed by atoms with Crippen LogP contribution >= 0.6 is 15.9 Å². The lowest BCUT2D eigenvalue weighted by atomic mass is 9.87. The first-order valence-electron chi connectivity index (χ1n) is 7.53. The second-order valence-corrected chi connectivity index (χ2v) is 7.95. The van der Waals surface area contributed by atoms with Crippen molar-refractivity contribution in [2.24, 2.45) is 5.41 Å². The molecule has 1 unspecified atom stereocenters. The zero-order chi connectivity index (χ0) is 14.9. The van der Waals surface area contributed by atoms with Gasteiger partial charge in [-0.15, -0.1) is 0 Å². The Hall–Kier alpha value is -0.540. The van der Waals surface area contributed by atoms with Crippen molar-refractivity contribution in [1.82, 2.24) is 5.32 Å². The number of hydrogen-bond acceptors (Lipinski definition) is 2. The largest absolute Gasteiger partial charge is 0.370 e. The van der Waals surface area contributed by atoms with Gasteiger partial charge in [0.05, 0.1) is 5.69 Å². The lowest BCUT2D eigenvalue weighted by Crippen LogP contribution is -2.39. The zero-order valence-electron chi connectivity index (χ0n) is 13.3. The molecule has 0 aliphatic heterocycles. The van der Waals surface area contributed by atoms with Crippen LogP contribution in [0.2, 0.25) is 0 Å². The maximum Gasteiger partial charge on any atom is 0.0510 e. The van der Waals surface area contributed by atoms with Crippen LogP contribution in [-0.4, -0.2) is 19.1 Å². The minimum absolute atomic E-state index is 0.264. The molecule has 2 nitrogen and oxygen atoms in total. The van der Waals surface area contributed by atoms with Crippen LogP contribution in [0, 0.1) is 5.41 Å². The van der Waals surface area contributed by atoms with E-state index >= 15 is 0 Å². The quantitative estimate of drug-likeness (QED) is 0.845. The molecule has 3 heteroatoms. The molecule has 1 aliphatic carbocycles. The number of halogens is 1. The van der Waals surface area contributed by atoms with Gasteiger partial charge in [0.1, 0.15) is 0 Å². The molecule has 0 aromatic heterocycles. The maximum absolute atomic E-state index is 3.74. The number of hydrogen-bond donors (Lipinski definition) is 1. The molecule has 1 fully saturated rings. The summed E-state index contributed by atoms with van der Waals surface area (Å²) in [6.07, 6.45) is 2.68. The summed E-state index contributed by atoms with van der Waals surface area (Å²) in [5.74, 6) is 0. The molecule has 1 N–H and O–H groups in total. The van der Waals surface area contributed by atoms with Crippen molar-refractivity contribution in [3.63, 3.8) is 0 Å². The predicted octanol–water partition coefficient (Wildman–Crippen LogP) is 4.57. The molecule has 0 radical (unpaired) electrons. The molecule has 1 atom stereocenters. The van der Waals surface area contributed by atoms with Gasteiger partial charge in [-0.05, 0) is 58.8 Å². The topological polar surface area (TPSA) is 15.3 Å². The van der Waals surface area contributed by atoms with Gasteiger partial charge in [0, 0.05) is 30.1 Å². The Morgan fingerprint density at radius 2 is 2.00 bits per heavy atom. The molecular weight excluding hydrogens is 312 g/mol. The normalized spacial score (nSPS) is 17.1. The summed E-state index contributed by atoms with van der Waals surface area (Å²) in [5.41, 5.74) is 2.88. The highest BCUT2D eigenvalue weighted by Crippen LogP contribution is 2.32. The lowest BCUT2D eigenvalue weighted by molar-refractivity contribution is 0.329. The van der Waals surface area contributed by atoms with Gasteiger partial charge in [-0.1, -0.05) is 26.8 Å².